The van der Waals surface area contributed by atoms with Gasteiger partial charge in [-0.1, -0.05) is 35.9 Å². The number of hydrogen-bond acceptors (Lipinski definition) is 4. The van der Waals surface area contributed by atoms with Crippen LogP contribution < -0.4 is 5.32 Å². The number of hydrogen-bond donors (Lipinski definition) is 1. The predicted molar refractivity (Wildman–Crippen MR) is 97.4 cm³/mol. The summed E-state index contributed by atoms with van der Waals surface area (Å²) in [5, 5.41) is 5.37. The normalized spacial score (nSPS) is 17.4. The van der Waals surface area contributed by atoms with E-state index in [0.29, 0.717) is 0 Å². The van der Waals surface area contributed by atoms with E-state index in [1.54, 1.807) is 11.3 Å². The Balaban J connectivity index is 1.78. The van der Waals surface area contributed by atoms with Gasteiger partial charge >= 0.3 is 0 Å². The zero-order chi connectivity index (χ0) is 15.6. The highest BCUT2D eigenvalue weighted by atomic mass is 35.5. The van der Waals surface area contributed by atoms with Crippen LogP contribution in [0.4, 0.5) is 0 Å². The largest absolute Gasteiger partial charge is 0.314 e. The predicted octanol–water partition coefficient (Wildman–Crippen LogP) is 3.94. The van der Waals surface area contributed by atoms with Crippen molar-refractivity contribution >= 4 is 33.2 Å². The maximum atomic E-state index is 6.08. The van der Waals surface area contributed by atoms with Gasteiger partial charge < -0.3 is 5.32 Å². The first kappa shape index (κ1) is 15.1. The molecular formula is C18H18ClN3S. The van der Waals surface area contributed by atoms with E-state index in [2.05, 4.69) is 40.5 Å². The number of halogens is 1. The van der Waals surface area contributed by atoms with Gasteiger partial charge in [0.25, 0.3) is 0 Å². The Morgan fingerprint density at radius 2 is 1.78 bits per heavy atom. The Hall–Kier alpha value is -1.46. The number of nitrogens with zero attached hydrogens (tertiary/aromatic N) is 2. The summed E-state index contributed by atoms with van der Waals surface area (Å²) >= 11 is 7.87. The molecular weight excluding hydrogens is 326 g/mol. The first-order chi connectivity index (χ1) is 11.3. The molecule has 23 heavy (non-hydrogen) atoms. The zero-order valence-corrected chi connectivity index (χ0v) is 14.3. The van der Waals surface area contributed by atoms with Gasteiger partial charge in [-0.2, -0.15) is 0 Å². The molecule has 0 aliphatic carbocycles. The summed E-state index contributed by atoms with van der Waals surface area (Å²) in [4.78, 5) is 7.42. The molecule has 118 valence electrons. The minimum atomic E-state index is 0.201. The lowest BCUT2D eigenvalue weighted by Crippen LogP contribution is -2.45. The van der Waals surface area contributed by atoms with Crippen LogP contribution in [0.1, 0.15) is 16.6 Å². The Kier molecular flexibility index (Phi) is 4.31. The van der Waals surface area contributed by atoms with Crippen molar-refractivity contribution in [2.75, 3.05) is 26.2 Å². The molecule has 1 N–H and O–H groups in total. The quantitative estimate of drug-likeness (QED) is 0.780. The SMILES string of the molecule is Clc1ccc(C(c2nc3ccccc3s2)N2CCNCC2)cc1. The van der Waals surface area contributed by atoms with Gasteiger partial charge in [0.05, 0.1) is 16.3 Å². The van der Waals surface area contributed by atoms with E-state index in [0.717, 1.165) is 41.7 Å². The topological polar surface area (TPSA) is 28.2 Å². The highest BCUT2D eigenvalue weighted by Gasteiger charge is 2.26. The summed E-state index contributed by atoms with van der Waals surface area (Å²) in [6.07, 6.45) is 0. The molecule has 1 aliphatic rings. The van der Waals surface area contributed by atoms with E-state index in [1.807, 2.05) is 18.2 Å². The van der Waals surface area contributed by atoms with E-state index < -0.39 is 0 Å². The molecule has 3 aromatic rings. The Morgan fingerprint density at radius 3 is 2.52 bits per heavy atom. The summed E-state index contributed by atoms with van der Waals surface area (Å²) < 4.78 is 1.25. The van der Waals surface area contributed by atoms with Gasteiger partial charge in [0, 0.05) is 31.2 Å². The van der Waals surface area contributed by atoms with Crippen LogP contribution in [0.2, 0.25) is 5.02 Å². The molecule has 2 aromatic carbocycles. The summed E-state index contributed by atoms with van der Waals surface area (Å²) in [5.74, 6) is 0. The number of benzene rings is 2. The molecule has 1 aliphatic heterocycles. The average Bonchev–Trinajstić information content (AvgIpc) is 3.01. The van der Waals surface area contributed by atoms with Crippen LogP contribution in [0.15, 0.2) is 48.5 Å². The fourth-order valence-electron chi connectivity index (χ4n) is 3.10. The number of piperazine rings is 1. The molecule has 1 saturated heterocycles. The van der Waals surface area contributed by atoms with Crippen molar-refractivity contribution in [3.8, 4) is 0 Å². The van der Waals surface area contributed by atoms with Crippen LogP contribution in [0.25, 0.3) is 10.2 Å². The Labute approximate surface area is 144 Å². The van der Waals surface area contributed by atoms with Crippen molar-refractivity contribution in [2.24, 2.45) is 0 Å². The molecule has 1 unspecified atom stereocenters. The molecule has 0 saturated carbocycles. The molecule has 1 aromatic heterocycles. The smallest absolute Gasteiger partial charge is 0.116 e. The lowest BCUT2D eigenvalue weighted by Gasteiger charge is -2.34. The van der Waals surface area contributed by atoms with E-state index in [9.17, 15) is 0 Å². The number of aromatic nitrogens is 1. The second-order valence-corrected chi connectivity index (χ2v) is 7.26. The average molecular weight is 344 g/mol. The number of rotatable bonds is 3. The third kappa shape index (κ3) is 3.12. The molecule has 5 heteroatoms. The molecule has 4 rings (SSSR count). The van der Waals surface area contributed by atoms with E-state index in [4.69, 9.17) is 16.6 Å². The van der Waals surface area contributed by atoms with Crippen molar-refractivity contribution < 1.29 is 0 Å². The highest BCUT2D eigenvalue weighted by molar-refractivity contribution is 7.18. The van der Waals surface area contributed by atoms with Crippen molar-refractivity contribution in [2.45, 2.75) is 6.04 Å². The summed E-state index contributed by atoms with van der Waals surface area (Å²) in [6, 6.07) is 16.8. The minimum Gasteiger partial charge on any atom is -0.314 e. The van der Waals surface area contributed by atoms with Crippen LogP contribution in [-0.4, -0.2) is 36.1 Å². The fraction of sp³-hybridized carbons (Fsp3) is 0.278. The fourth-order valence-corrected chi connectivity index (χ4v) is 4.36. The lowest BCUT2D eigenvalue weighted by atomic mass is 10.1. The summed E-state index contributed by atoms with van der Waals surface area (Å²) in [7, 11) is 0. The second kappa shape index (κ2) is 6.57. The van der Waals surface area contributed by atoms with Crippen molar-refractivity contribution in [3.05, 3.63) is 64.1 Å². The molecule has 0 bridgehead atoms. The molecule has 0 amide bonds. The molecule has 3 nitrogen and oxygen atoms in total. The maximum absolute atomic E-state index is 6.08. The third-order valence-electron chi connectivity index (χ3n) is 4.25. The molecule has 0 radical (unpaired) electrons. The number of fused-ring (bicyclic) bond motifs is 1. The Bertz CT molecular complexity index is 760. The number of thiazole rings is 1. The standard InChI is InChI=1S/C18H18ClN3S/c19-14-7-5-13(6-8-14)17(22-11-9-20-10-12-22)18-21-15-3-1-2-4-16(15)23-18/h1-8,17,20H,9-12H2. The van der Waals surface area contributed by atoms with Gasteiger partial charge in [-0.25, -0.2) is 4.98 Å². The van der Waals surface area contributed by atoms with E-state index >= 15 is 0 Å². The Morgan fingerprint density at radius 1 is 1.04 bits per heavy atom. The van der Waals surface area contributed by atoms with Crippen molar-refractivity contribution in [1.82, 2.24) is 15.2 Å². The minimum absolute atomic E-state index is 0.201. The van der Waals surface area contributed by atoms with E-state index in [-0.39, 0.29) is 6.04 Å². The molecule has 0 spiro atoms. The van der Waals surface area contributed by atoms with Crippen LogP contribution in [0.3, 0.4) is 0 Å². The second-order valence-electron chi connectivity index (χ2n) is 5.76. The molecule has 2 heterocycles. The van der Waals surface area contributed by atoms with Crippen LogP contribution in [-0.2, 0) is 0 Å². The number of nitrogens with one attached hydrogen (secondary N) is 1. The van der Waals surface area contributed by atoms with Crippen LogP contribution in [0.5, 0.6) is 0 Å². The summed E-state index contributed by atoms with van der Waals surface area (Å²) in [5.41, 5.74) is 2.34. The first-order valence-corrected chi connectivity index (χ1v) is 9.06. The van der Waals surface area contributed by atoms with Gasteiger partial charge in [-0.15, -0.1) is 11.3 Å². The monoisotopic (exact) mass is 343 g/mol. The van der Waals surface area contributed by atoms with Gasteiger partial charge in [0.15, 0.2) is 0 Å². The number of para-hydroxylation sites is 1. The third-order valence-corrected chi connectivity index (χ3v) is 5.59. The van der Waals surface area contributed by atoms with Gasteiger partial charge in [-0.05, 0) is 29.8 Å². The van der Waals surface area contributed by atoms with Gasteiger partial charge in [0.2, 0.25) is 0 Å². The van der Waals surface area contributed by atoms with Gasteiger partial charge in [0.1, 0.15) is 5.01 Å². The van der Waals surface area contributed by atoms with Gasteiger partial charge in [-0.3, -0.25) is 4.90 Å². The van der Waals surface area contributed by atoms with Crippen LogP contribution >= 0.6 is 22.9 Å². The zero-order valence-electron chi connectivity index (χ0n) is 12.7. The van der Waals surface area contributed by atoms with Crippen molar-refractivity contribution in [3.63, 3.8) is 0 Å². The maximum Gasteiger partial charge on any atom is 0.116 e. The molecule has 1 fully saturated rings. The van der Waals surface area contributed by atoms with Crippen molar-refractivity contribution in [1.29, 1.82) is 0 Å². The highest BCUT2D eigenvalue weighted by Crippen LogP contribution is 2.34. The first-order valence-electron chi connectivity index (χ1n) is 7.87. The molecule has 1 atom stereocenters. The van der Waals surface area contributed by atoms with E-state index in [1.165, 1.54) is 10.3 Å². The van der Waals surface area contributed by atoms with Crippen LogP contribution in [0, 0.1) is 0 Å². The summed E-state index contributed by atoms with van der Waals surface area (Å²) in [6.45, 7) is 4.11. The lowest BCUT2D eigenvalue weighted by molar-refractivity contribution is 0.198.